The van der Waals surface area contributed by atoms with E-state index in [1.165, 1.54) is 0 Å². The summed E-state index contributed by atoms with van der Waals surface area (Å²) in [5.74, 6) is 0. The molecule has 0 saturated carbocycles. The summed E-state index contributed by atoms with van der Waals surface area (Å²) in [5, 5.41) is 1.61. The molecule has 3 aromatic heterocycles. The number of hydrogen-bond donors (Lipinski definition) is 0. The molecule has 6 heteroatoms. The Kier molecular flexibility index (Phi) is 6.39. The van der Waals surface area contributed by atoms with Crippen LogP contribution < -0.4 is 11.1 Å². The van der Waals surface area contributed by atoms with Crippen molar-refractivity contribution in [1.82, 2.24) is 18.7 Å². The van der Waals surface area contributed by atoms with Crippen LogP contribution in [0.4, 0.5) is 0 Å². The maximum absolute atomic E-state index is 14.0. The van der Waals surface area contributed by atoms with Crippen molar-refractivity contribution in [2.24, 2.45) is 7.05 Å². The van der Waals surface area contributed by atoms with Crippen molar-refractivity contribution in [2.45, 2.75) is 19.0 Å². The Morgan fingerprint density at radius 1 is 0.651 bits per heavy atom. The highest BCUT2D eigenvalue weighted by molar-refractivity contribution is 6.04. The number of imidazole rings is 1. The second-order valence-electron chi connectivity index (χ2n) is 10.9. The van der Waals surface area contributed by atoms with E-state index in [9.17, 15) is 9.59 Å². The summed E-state index contributed by atoms with van der Waals surface area (Å²) < 4.78 is 5.48. The van der Waals surface area contributed by atoms with Crippen LogP contribution in [0, 0.1) is 6.92 Å². The number of para-hydroxylation sites is 1. The SMILES string of the molecule is Cc1c(Cn2ccc3c(=O)n(C)c4ccccc4c3c2=O)ncn1C(c1ccccc1)(c1ccccc1)c1ccccc1. The molecular weight excluding hydrogens is 532 g/mol. The quantitative estimate of drug-likeness (QED) is 0.178. The number of aryl methyl sites for hydroxylation is 1. The number of fused-ring (bicyclic) bond motifs is 3. The number of rotatable bonds is 6. The number of pyridine rings is 2. The predicted molar refractivity (Wildman–Crippen MR) is 172 cm³/mol. The van der Waals surface area contributed by atoms with Gasteiger partial charge in [-0.3, -0.25) is 9.59 Å². The predicted octanol–water partition coefficient (Wildman–Crippen LogP) is 6.25. The van der Waals surface area contributed by atoms with Crippen molar-refractivity contribution in [3.8, 4) is 0 Å². The Morgan fingerprint density at radius 2 is 1.19 bits per heavy atom. The molecule has 0 N–H and O–H groups in total. The minimum absolute atomic E-state index is 0.184. The molecule has 7 rings (SSSR count). The van der Waals surface area contributed by atoms with Crippen LogP contribution in [-0.4, -0.2) is 18.7 Å². The molecule has 0 aliphatic carbocycles. The Morgan fingerprint density at radius 3 is 1.77 bits per heavy atom. The summed E-state index contributed by atoms with van der Waals surface area (Å²) in [4.78, 5) is 32.0. The van der Waals surface area contributed by atoms with E-state index in [4.69, 9.17) is 4.98 Å². The van der Waals surface area contributed by atoms with Gasteiger partial charge in [0.25, 0.3) is 11.1 Å². The van der Waals surface area contributed by atoms with Crippen molar-refractivity contribution in [3.63, 3.8) is 0 Å². The van der Waals surface area contributed by atoms with Crippen LogP contribution in [0.2, 0.25) is 0 Å². The molecule has 210 valence electrons. The van der Waals surface area contributed by atoms with Gasteiger partial charge in [0.2, 0.25) is 0 Å². The van der Waals surface area contributed by atoms with Crippen LogP contribution in [-0.2, 0) is 19.1 Å². The van der Waals surface area contributed by atoms with E-state index < -0.39 is 5.54 Å². The molecule has 0 unspecified atom stereocenters. The third-order valence-corrected chi connectivity index (χ3v) is 8.60. The van der Waals surface area contributed by atoms with E-state index in [-0.39, 0.29) is 17.7 Å². The Bertz CT molecular complexity index is 2120. The van der Waals surface area contributed by atoms with Crippen molar-refractivity contribution in [3.05, 3.63) is 183 Å². The third kappa shape index (κ3) is 4.06. The molecule has 0 radical (unpaired) electrons. The van der Waals surface area contributed by atoms with Gasteiger partial charge < -0.3 is 13.7 Å². The Hall–Kier alpha value is -5.49. The van der Waals surface area contributed by atoms with Gasteiger partial charge in [0.1, 0.15) is 5.54 Å². The average molecular weight is 563 g/mol. The maximum atomic E-state index is 14.0. The lowest BCUT2D eigenvalue weighted by Gasteiger charge is -2.38. The fourth-order valence-electron chi connectivity index (χ4n) is 6.46. The topological polar surface area (TPSA) is 61.8 Å². The summed E-state index contributed by atoms with van der Waals surface area (Å²) in [5.41, 5.74) is 4.67. The van der Waals surface area contributed by atoms with Crippen molar-refractivity contribution >= 4 is 21.7 Å². The van der Waals surface area contributed by atoms with Gasteiger partial charge in [0.05, 0.1) is 34.9 Å². The van der Waals surface area contributed by atoms with Crippen LogP contribution in [0.1, 0.15) is 28.1 Å². The first kappa shape index (κ1) is 26.4. The van der Waals surface area contributed by atoms with E-state index in [0.29, 0.717) is 10.8 Å². The summed E-state index contributed by atoms with van der Waals surface area (Å²) in [6, 6.07) is 40.7. The number of aromatic nitrogens is 4. The molecule has 0 amide bonds. The minimum atomic E-state index is -0.699. The van der Waals surface area contributed by atoms with Gasteiger partial charge in [-0.1, -0.05) is 109 Å². The molecule has 0 saturated heterocycles. The van der Waals surface area contributed by atoms with E-state index in [1.807, 2.05) is 48.8 Å². The number of nitrogens with zero attached hydrogens (tertiary/aromatic N) is 4. The van der Waals surface area contributed by atoms with Gasteiger partial charge in [-0.2, -0.15) is 0 Å². The highest BCUT2D eigenvalue weighted by atomic mass is 16.1. The highest BCUT2D eigenvalue weighted by Gasteiger charge is 2.39. The van der Waals surface area contributed by atoms with Gasteiger partial charge in [0.15, 0.2) is 0 Å². The average Bonchev–Trinajstić information content (AvgIpc) is 3.42. The largest absolute Gasteiger partial charge is 0.316 e. The third-order valence-electron chi connectivity index (χ3n) is 8.60. The Labute approximate surface area is 248 Å². The molecule has 0 aliphatic rings. The monoisotopic (exact) mass is 562 g/mol. The first-order valence-corrected chi connectivity index (χ1v) is 14.3. The molecule has 6 nitrogen and oxygen atoms in total. The normalized spacial score (nSPS) is 11.8. The number of benzene rings is 4. The zero-order valence-corrected chi connectivity index (χ0v) is 24.0. The second-order valence-corrected chi connectivity index (χ2v) is 10.9. The molecule has 0 bridgehead atoms. The lowest BCUT2D eigenvalue weighted by Crippen LogP contribution is -2.38. The molecular formula is C37H30N4O2. The van der Waals surface area contributed by atoms with Crippen molar-refractivity contribution in [2.75, 3.05) is 0 Å². The van der Waals surface area contributed by atoms with E-state index in [0.717, 1.165) is 39.0 Å². The van der Waals surface area contributed by atoms with Crippen LogP contribution in [0.3, 0.4) is 0 Å². The lowest BCUT2D eigenvalue weighted by molar-refractivity contribution is 0.502. The van der Waals surface area contributed by atoms with Gasteiger partial charge in [0, 0.05) is 24.3 Å². The molecule has 0 atom stereocenters. The standard InChI is InChI=1S/C37H30N4O2/c1-26-32(24-40-23-22-31-34(36(40)43)30-20-12-13-21-33(30)39(2)35(31)42)38-25-41(26)37(27-14-6-3-7-15-27,28-16-8-4-9-17-28)29-18-10-5-11-19-29/h3-23,25H,24H2,1-2H3. The molecule has 7 aromatic rings. The van der Waals surface area contributed by atoms with Crippen molar-refractivity contribution in [1.29, 1.82) is 0 Å². The fraction of sp³-hybridized carbons (Fsp3) is 0.108. The summed E-state index contributed by atoms with van der Waals surface area (Å²) in [6.07, 6.45) is 3.59. The van der Waals surface area contributed by atoms with E-state index >= 15 is 0 Å². The molecule has 0 aliphatic heterocycles. The van der Waals surface area contributed by atoms with Gasteiger partial charge in [-0.05, 0) is 35.7 Å². The lowest BCUT2D eigenvalue weighted by atomic mass is 9.76. The van der Waals surface area contributed by atoms with E-state index in [2.05, 4.69) is 84.3 Å². The maximum Gasteiger partial charge on any atom is 0.259 e. The molecule has 43 heavy (non-hydrogen) atoms. The summed E-state index contributed by atoms with van der Waals surface area (Å²) in [7, 11) is 1.74. The molecule has 0 spiro atoms. The first-order valence-electron chi connectivity index (χ1n) is 14.3. The van der Waals surface area contributed by atoms with Crippen LogP contribution in [0.25, 0.3) is 21.7 Å². The second kappa shape index (κ2) is 10.4. The fourth-order valence-corrected chi connectivity index (χ4v) is 6.46. The van der Waals surface area contributed by atoms with E-state index in [1.54, 1.807) is 28.4 Å². The molecule has 3 heterocycles. The number of hydrogen-bond acceptors (Lipinski definition) is 3. The van der Waals surface area contributed by atoms with Gasteiger partial charge in [-0.25, -0.2) is 4.98 Å². The molecule has 4 aromatic carbocycles. The van der Waals surface area contributed by atoms with Gasteiger partial charge >= 0.3 is 0 Å². The highest BCUT2D eigenvalue weighted by Crippen LogP contribution is 2.41. The van der Waals surface area contributed by atoms with Crippen LogP contribution in [0.15, 0.2) is 143 Å². The van der Waals surface area contributed by atoms with Crippen LogP contribution in [0.5, 0.6) is 0 Å². The first-order chi connectivity index (χ1) is 21.0. The summed E-state index contributed by atoms with van der Waals surface area (Å²) >= 11 is 0. The van der Waals surface area contributed by atoms with Gasteiger partial charge in [-0.15, -0.1) is 0 Å². The smallest absolute Gasteiger partial charge is 0.259 e. The zero-order chi connectivity index (χ0) is 29.6. The molecule has 0 fully saturated rings. The zero-order valence-electron chi connectivity index (χ0n) is 24.0. The van der Waals surface area contributed by atoms with Crippen LogP contribution >= 0.6 is 0 Å². The Balaban J connectivity index is 1.44. The van der Waals surface area contributed by atoms with Crippen molar-refractivity contribution < 1.29 is 0 Å². The minimum Gasteiger partial charge on any atom is -0.316 e. The summed E-state index contributed by atoms with van der Waals surface area (Å²) in [6.45, 7) is 2.33.